The molecule has 2 aromatic rings. The molecule has 0 saturated heterocycles. The smallest absolute Gasteiger partial charge is 0.276 e. The molecule has 21 heavy (non-hydrogen) atoms. The molecular weight excluding hydrogens is 262 g/mol. The molecule has 3 heteroatoms. The van der Waals surface area contributed by atoms with E-state index in [1.165, 1.54) is 18.2 Å². The molecule has 0 unspecified atom stereocenters. The Kier molecular flexibility index (Phi) is 5.52. The Morgan fingerprint density at radius 1 is 0.905 bits per heavy atom. The molecular formula is C18H21NO2. The van der Waals surface area contributed by atoms with Crippen molar-refractivity contribution in [1.29, 1.82) is 0 Å². The topological polar surface area (TPSA) is 40.5 Å². The lowest BCUT2D eigenvalue weighted by molar-refractivity contribution is -0.0374. The molecule has 0 aliphatic heterocycles. The van der Waals surface area contributed by atoms with Crippen LogP contribution in [-0.2, 0) is 12.8 Å². The molecule has 1 amide bonds. The highest BCUT2D eigenvalue weighted by atomic mass is 16.5. The normalized spacial score (nSPS) is 10.4. The summed E-state index contributed by atoms with van der Waals surface area (Å²) in [5.41, 5.74) is 3.11. The summed E-state index contributed by atoms with van der Waals surface area (Å²) in [6.07, 6.45) is 4.40. The van der Waals surface area contributed by atoms with Crippen LogP contribution in [0.25, 0.3) is 0 Å². The number of amides is 1. The summed E-state index contributed by atoms with van der Waals surface area (Å²) >= 11 is 0. The van der Waals surface area contributed by atoms with E-state index in [-0.39, 0.29) is 5.91 Å². The van der Waals surface area contributed by atoms with Gasteiger partial charge in [0, 0.05) is 12.6 Å². The minimum Gasteiger partial charge on any atom is -0.286 e. The third-order valence-corrected chi connectivity index (χ3v) is 3.52. The lowest BCUT2D eigenvalue weighted by Gasteiger charge is -2.08. The maximum absolute atomic E-state index is 11.5. The Bertz CT molecular complexity index is 562. The summed E-state index contributed by atoms with van der Waals surface area (Å²) in [4.78, 5) is 11.5. The van der Waals surface area contributed by atoms with Crippen molar-refractivity contribution in [2.24, 2.45) is 0 Å². The van der Waals surface area contributed by atoms with Crippen LogP contribution in [0.2, 0.25) is 0 Å². The summed E-state index contributed by atoms with van der Waals surface area (Å²) in [5, 5.41) is 9.72. The van der Waals surface area contributed by atoms with Crippen LogP contribution in [-0.4, -0.2) is 23.2 Å². The van der Waals surface area contributed by atoms with E-state index in [2.05, 4.69) is 24.3 Å². The van der Waals surface area contributed by atoms with Crippen LogP contribution in [0.1, 0.15) is 34.3 Å². The predicted octanol–water partition coefficient (Wildman–Crippen LogP) is 3.71. The van der Waals surface area contributed by atoms with E-state index < -0.39 is 0 Å². The Morgan fingerprint density at radius 3 is 1.95 bits per heavy atom. The molecule has 0 saturated carbocycles. The van der Waals surface area contributed by atoms with E-state index in [0.29, 0.717) is 10.6 Å². The van der Waals surface area contributed by atoms with E-state index in [1.807, 2.05) is 18.2 Å². The molecule has 3 nitrogen and oxygen atoms in total. The van der Waals surface area contributed by atoms with E-state index in [0.717, 1.165) is 25.7 Å². The molecule has 2 aromatic carbocycles. The van der Waals surface area contributed by atoms with Crippen molar-refractivity contribution in [3.8, 4) is 0 Å². The summed E-state index contributed by atoms with van der Waals surface area (Å²) in [6.45, 7) is 0. The van der Waals surface area contributed by atoms with Gasteiger partial charge in [-0.05, 0) is 48.9 Å². The average Bonchev–Trinajstić information content (AvgIpc) is 2.52. The van der Waals surface area contributed by atoms with Crippen molar-refractivity contribution in [1.82, 2.24) is 5.06 Å². The minimum absolute atomic E-state index is 0.384. The largest absolute Gasteiger partial charge is 0.286 e. The fourth-order valence-corrected chi connectivity index (χ4v) is 2.30. The average molecular weight is 283 g/mol. The molecule has 0 heterocycles. The fourth-order valence-electron chi connectivity index (χ4n) is 2.30. The van der Waals surface area contributed by atoms with E-state index >= 15 is 0 Å². The van der Waals surface area contributed by atoms with Crippen LogP contribution in [0.4, 0.5) is 0 Å². The third kappa shape index (κ3) is 4.72. The number of hydrogen-bond donors (Lipinski definition) is 1. The monoisotopic (exact) mass is 283 g/mol. The van der Waals surface area contributed by atoms with Crippen molar-refractivity contribution in [3.63, 3.8) is 0 Å². The first kappa shape index (κ1) is 15.3. The van der Waals surface area contributed by atoms with Gasteiger partial charge >= 0.3 is 0 Å². The molecule has 0 atom stereocenters. The van der Waals surface area contributed by atoms with Crippen molar-refractivity contribution in [2.75, 3.05) is 7.05 Å². The van der Waals surface area contributed by atoms with Crippen molar-refractivity contribution >= 4 is 5.91 Å². The van der Waals surface area contributed by atoms with Crippen molar-refractivity contribution < 1.29 is 10.0 Å². The van der Waals surface area contributed by atoms with Crippen LogP contribution in [0.5, 0.6) is 0 Å². The summed E-state index contributed by atoms with van der Waals surface area (Å²) in [5.74, 6) is -0.384. The lowest BCUT2D eigenvalue weighted by atomic mass is 10.0. The second-order valence-corrected chi connectivity index (χ2v) is 5.22. The number of nitrogens with zero attached hydrogens (tertiary/aromatic N) is 1. The van der Waals surface area contributed by atoms with Gasteiger partial charge in [0.2, 0.25) is 0 Å². The van der Waals surface area contributed by atoms with Gasteiger partial charge in [-0.2, -0.15) is 0 Å². The number of rotatable bonds is 6. The van der Waals surface area contributed by atoms with E-state index in [1.54, 1.807) is 12.1 Å². The number of carbonyl (C=O) groups excluding carboxylic acids is 1. The van der Waals surface area contributed by atoms with Crippen LogP contribution >= 0.6 is 0 Å². The Hall–Kier alpha value is -2.13. The van der Waals surface area contributed by atoms with Crippen LogP contribution in [0.15, 0.2) is 54.6 Å². The predicted molar refractivity (Wildman–Crippen MR) is 83.4 cm³/mol. The zero-order valence-electron chi connectivity index (χ0n) is 12.3. The molecule has 0 aromatic heterocycles. The maximum atomic E-state index is 11.5. The van der Waals surface area contributed by atoms with Gasteiger partial charge in [0.1, 0.15) is 0 Å². The fraction of sp³-hybridized carbons (Fsp3) is 0.278. The number of unbranched alkanes of at least 4 members (excludes halogenated alkanes) is 1. The van der Waals surface area contributed by atoms with E-state index in [4.69, 9.17) is 5.21 Å². The quantitative estimate of drug-likeness (QED) is 0.499. The standard InChI is InChI=1S/C18H21NO2/c1-19(21)18(20)17-13-11-16(12-14-17)10-6-5-9-15-7-3-2-4-8-15/h2-4,7-8,11-14,21H,5-6,9-10H2,1H3. The maximum Gasteiger partial charge on any atom is 0.276 e. The lowest BCUT2D eigenvalue weighted by Crippen LogP contribution is -2.22. The summed E-state index contributed by atoms with van der Waals surface area (Å²) < 4.78 is 0. The van der Waals surface area contributed by atoms with Gasteiger partial charge in [0.05, 0.1) is 0 Å². The SMILES string of the molecule is CN(O)C(=O)c1ccc(CCCCc2ccccc2)cc1. The van der Waals surface area contributed by atoms with Gasteiger partial charge in [-0.3, -0.25) is 10.0 Å². The molecule has 0 radical (unpaired) electrons. The number of carbonyl (C=O) groups is 1. The van der Waals surface area contributed by atoms with Crippen molar-refractivity contribution in [2.45, 2.75) is 25.7 Å². The Balaban J connectivity index is 1.77. The highest BCUT2D eigenvalue weighted by Crippen LogP contribution is 2.11. The highest BCUT2D eigenvalue weighted by molar-refractivity contribution is 5.93. The Labute approximate surface area is 125 Å². The molecule has 0 spiro atoms. The zero-order valence-corrected chi connectivity index (χ0v) is 12.3. The van der Waals surface area contributed by atoms with Crippen LogP contribution in [0.3, 0.4) is 0 Å². The molecule has 2 rings (SSSR count). The third-order valence-electron chi connectivity index (χ3n) is 3.52. The number of aryl methyl sites for hydroxylation is 2. The Morgan fingerprint density at radius 2 is 1.43 bits per heavy atom. The van der Waals surface area contributed by atoms with Gasteiger partial charge in [0.15, 0.2) is 0 Å². The van der Waals surface area contributed by atoms with Gasteiger partial charge in [0.25, 0.3) is 5.91 Å². The first-order valence-corrected chi connectivity index (χ1v) is 7.26. The number of benzene rings is 2. The zero-order chi connectivity index (χ0) is 15.1. The molecule has 0 aliphatic rings. The minimum atomic E-state index is -0.384. The van der Waals surface area contributed by atoms with Gasteiger partial charge in [-0.15, -0.1) is 0 Å². The first-order chi connectivity index (χ1) is 10.2. The summed E-state index contributed by atoms with van der Waals surface area (Å²) in [7, 11) is 1.33. The van der Waals surface area contributed by atoms with Gasteiger partial charge in [-0.25, -0.2) is 5.06 Å². The molecule has 0 aliphatic carbocycles. The van der Waals surface area contributed by atoms with Crippen LogP contribution in [0, 0.1) is 0 Å². The van der Waals surface area contributed by atoms with Crippen LogP contribution < -0.4 is 0 Å². The molecule has 0 bridgehead atoms. The highest BCUT2D eigenvalue weighted by Gasteiger charge is 2.08. The molecule has 0 fully saturated rings. The number of hydroxylamine groups is 2. The molecule has 1 N–H and O–H groups in total. The molecule has 110 valence electrons. The van der Waals surface area contributed by atoms with Crippen molar-refractivity contribution in [3.05, 3.63) is 71.3 Å². The number of hydrogen-bond acceptors (Lipinski definition) is 2. The second-order valence-electron chi connectivity index (χ2n) is 5.22. The second kappa shape index (κ2) is 7.60. The van der Waals surface area contributed by atoms with Gasteiger partial charge < -0.3 is 0 Å². The first-order valence-electron chi connectivity index (χ1n) is 7.26. The summed E-state index contributed by atoms with van der Waals surface area (Å²) in [6, 6.07) is 17.9. The van der Waals surface area contributed by atoms with Gasteiger partial charge in [-0.1, -0.05) is 42.5 Å². The van der Waals surface area contributed by atoms with E-state index in [9.17, 15) is 4.79 Å².